The molecule has 0 spiro atoms. The van der Waals surface area contributed by atoms with Gasteiger partial charge in [-0.05, 0) is 26.8 Å². The van der Waals surface area contributed by atoms with E-state index in [2.05, 4.69) is 34.0 Å². The first-order valence-corrected chi connectivity index (χ1v) is 12.1. The van der Waals surface area contributed by atoms with Crippen LogP contribution in [0.2, 0.25) is 0 Å². The van der Waals surface area contributed by atoms with Crippen molar-refractivity contribution in [1.29, 1.82) is 0 Å². The Morgan fingerprint density at radius 2 is 1.97 bits per heavy atom. The molecule has 3 rings (SSSR count). The number of nitrogens with zero attached hydrogens (tertiary/aromatic N) is 3. The third kappa shape index (κ3) is 6.48. The molecule has 1 fully saturated rings. The molecule has 0 saturated carbocycles. The SMILES string of the molecule is CCCN(Cc1c(-c2ccccc2)noc1N1CCSCC1)C[C@H](O)COC(C)C. The number of aliphatic hydroxyl groups excluding tert-OH is 1. The van der Waals surface area contributed by atoms with Crippen LogP contribution in [0, 0.1) is 0 Å². The van der Waals surface area contributed by atoms with Crippen LogP contribution in [0.5, 0.6) is 0 Å². The molecule has 1 aromatic carbocycles. The van der Waals surface area contributed by atoms with Crippen molar-refractivity contribution >= 4 is 17.6 Å². The summed E-state index contributed by atoms with van der Waals surface area (Å²) in [4.78, 5) is 4.60. The summed E-state index contributed by atoms with van der Waals surface area (Å²) in [5.74, 6) is 3.08. The van der Waals surface area contributed by atoms with Crippen molar-refractivity contribution in [2.45, 2.75) is 45.9 Å². The van der Waals surface area contributed by atoms with Crippen molar-refractivity contribution in [3.63, 3.8) is 0 Å². The van der Waals surface area contributed by atoms with Gasteiger partial charge in [-0.25, -0.2) is 0 Å². The Hall–Kier alpha value is -1.54. The second kappa shape index (κ2) is 11.7. The van der Waals surface area contributed by atoms with Gasteiger partial charge in [-0.3, -0.25) is 4.90 Å². The molecular formula is C23H35N3O3S. The van der Waals surface area contributed by atoms with Gasteiger partial charge in [0.2, 0.25) is 5.88 Å². The van der Waals surface area contributed by atoms with Gasteiger partial charge >= 0.3 is 0 Å². The van der Waals surface area contributed by atoms with Gasteiger partial charge in [0.1, 0.15) is 5.69 Å². The molecule has 0 radical (unpaired) electrons. The monoisotopic (exact) mass is 433 g/mol. The van der Waals surface area contributed by atoms with E-state index in [1.807, 2.05) is 43.8 Å². The maximum absolute atomic E-state index is 10.5. The fraction of sp³-hybridized carbons (Fsp3) is 0.609. The lowest BCUT2D eigenvalue weighted by Gasteiger charge is -2.29. The third-order valence-electron chi connectivity index (χ3n) is 5.13. The normalized spacial score (nSPS) is 15.9. The Kier molecular flexibility index (Phi) is 9.05. The molecule has 0 unspecified atom stereocenters. The Labute approximate surface area is 184 Å². The van der Waals surface area contributed by atoms with Crippen molar-refractivity contribution in [2.75, 3.05) is 49.2 Å². The maximum Gasteiger partial charge on any atom is 0.232 e. The Morgan fingerprint density at radius 3 is 2.63 bits per heavy atom. The molecule has 1 N–H and O–H groups in total. The lowest BCUT2D eigenvalue weighted by Crippen LogP contribution is -2.37. The molecule has 0 bridgehead atoms. The van der Waals surface area contributed by atoms with Crippen LogP contribution in [0.1, 0.15) is 32.8 Å². The van der Waals surface area contributed by atoms with Crippen LogP contribution in [0.25, 0.3) is 11.3 Å². The van der Waals surface area contributed by atoms with Crippen LogP contribution < -0.4 is 4.90 Å². The summed E-state index contributed by atoms with van der Waals surface area (Å²) in [6.45, 7) is 10.6. The highest BCUT2D eigenvalue weighted by Crippen LogP contribution is 2.33. The van der Waals surface area contributed by atoms with Crippen LogP contribution in [0.3, 0.4) is 0 Å². The number of hydrogen-bond acceptors (Lipinski definition) is 7. The van der Waals surface area contributed by atoms with E-state index < -0.39 is 6.10 Å². The van der Waals surface area contributed by atoms with Gasteiger partial charge in [0.05, 0.1) is 24.4 Å². The first-order valence-electron chi connectivity index (χ1n) is 11.0. The van der Waals surface area contributed by atoms with Crippen LogP contribution in [-0.4, -0.2) is 71.7 Å². The molecule has 30 heavy (non-hydrogen) atoms. The predicted molar refractivity (Wildman–Crippen MR) is 124 cm³/mol. The molecule has 1 atom stereocenters. The molecule has 1 aliphatic heterocycles. The van der Waals surface area contributed by atoms with Gasteiger partial charge in [-0.2, -0.15) is 11.8 Å². The van der Waals surface area contributed by atoms with Crippen LogP contribution in [0.15, 0.2) is 34.9 Å². The van der Waals surface area contributed by atoms with Gasteiger partial charge in [-0.15, -0.1) is 0 Å². The van der Waals surface area contributed by atoms with E-state index in [1.54, 1.807) is 0 Å². The second-order valence-corrected chi connectivity index (χ2v) is 9.28. The van der Waals surface area contributed by atoms with E-state index in [9.17, 15) is 5.11 Å². The molecule has 1 aliphatic rings. The highest BCUT2D eigenvalue weighted by Gasteiger charge is 2.26. The highest BCUT2D eigenvalue weighted by molar-refractivity contribution is 7.99. The number of aromatic nitrogens is 1. The summed E-state index contributed by atoms with van der Waals surface area (Å²) in [5, 5.41) is 15.0. The fourth-order valence-electron chi connectivity index (χ4n) is 3.71. The van der Waals surface area contributed by atoms with E-state index in [4.69, 9.17) is 9.26 Å². The number of rotatable bonds is 11. The van der Waals surface area contributed by atoms with Crippen molar-refractivity contribution in [3.05, 3.63) is 35.9 Å². The summed E-state index contributed by atoms with van der Waals surface area (Å²) in [5.41, 5.74) is 3.07. The minimum atomic E-state index is -0.520. The van der Waals surface area contributed by atoms with E-state index >= 15 is 0 Å². The molecule has 6 nitrogen and oxygen atoms in total. The molecule has 0 amide bonds. The molecule has 2 heterocycles. The van der Waals surface area contributed by atoms with Crippen LogP contribution in [0.4, 0.5) is 5.88 Å². The topological polar surface area (TPSA) is 62.0 Å². The summed E-state index contributed by atoms with van der Waals surface area (Å²) >= 11 is 1.98. The molecule has 0 aliphatic carbocycles. The Morgan fingerprint density at radius 1 is 1.23 bits per heavy atom. The number of aliphatic hydroxyl groups is 1. The quantitative estimate of drug-likeness (QED) is 0.577. The molecule has 166 valence electrons. The number of hydrogen-bond donors (Lipinski definition) is 1. The Bertz CT molecular complexity index is 747. The molecule has 7 heteroatoms. The van der Waals surface area contributed by atoms with Gasteiger partial charge in [0.25, 0.3) is 0 Å². The minimum Gasteiger partial charge on any atom is -0.389 e. The van der Waals surface area contributed by atoms with E-state index in [0.29, 0.717) is 19.7 Å². The zero-order valence-corrected chi connectivity index (χ0v) is 19.2. The first-order chi connectivity index (χ1) is 14.6. The van der Waals surface area contributed by atoms with Gasteiger partial charge in [-0.1, -0.05) is 42.4 Å². The number of benzene rings is 1. The molecule has 2 aromatic rings. The molecule has 1 saturated heterocycles. The second-order valence-electron chi connectivity index (χ2n) is 8.05. The predicted octanol–water partition coefficient (Wildman–Crippen LogP) is 3.89. The Balaban J connectivity index is 1.83. The van der Waals surface area contributed by atoms with Gasteiger partial charge in [0, 0.05) is 43.2 Å². The summed E-state index contributed by atoms with van der Waals surface area (Å²) in [7, 11) is 0. The number of anilines is 1. The third-order valence-corrected chi connectivity index (χ3v) is 6.07. The van der Waals surface area contributed by atoms with Crippen molar-refractivity contribution < 1.29 is 14.4 Å². The molecular weight excluding hydrogens is 398 g/mol. The average molecular weight is 434 g/mol. The van der Waals surface area contributed by atoms with E-state index in [1.165, 1.54) is 0 Å². The van der Waals surface area contributed by atoms with Crippen molar-refractivity contribution in [3.8, 4) is 11.3 Å². The van der Waals surface area contributed by atoms with Crippen molar-refractivity contribution in [1.82, 2.24) is 10.1 Å². The smallest absolute Gasteiger partial charge is 0.232 e. The lowest BCUT2D eigenvalue weighted by molar-refractivity contribution is -0.00947. The standard InChI is InChI=1S/C23H35N3O3S/c1-4-10-25(15-20(27)17-28-18(2)3)16-21-22(19-8-6-5-7-9-19)24-29-23(21)26-11-13-30-14-12-26/h5-9,18,20,27H,4,10-17H2,1-3H3/t20-/m0/s1. The summed E-state index contributed by atoms with van der Waals surface area (Å²) in [6, 6.07) is 10.2. The van der Waals surface area contributed by atoms with Gasteiger partial charge in [0.15, 0.2) is 0 Å². The van der Waals surface area contributed by atoms with Crippen LogP contribution >= 0.6 is 11.8 Å². The van der Waals surface area contributed by atoms with E-state index in [0.717, 1.165) is 60.3 Å². The maximum atomic E-state index is 10.5. The zero-order valence-electron chi connectivity index (χ0n) is 18.4. The minimum absolute atomic E-state index is 0.116. The number of ether oxygens (including phenoxy) is 1. The molecule has 1 aromatic heterocycles. The van der Waals surface area contributed by atoms with Crippen molar-refractivity contribution in [2.24, 2.45) is 0 Å². The summed E-state index contributed by atoms with van der Waals surface area (Å²) in [6.07, 6.45) is 0.610. The largest absolute Gasteiger partial charge is 0.389 e. The summed E-state index contributed by atoms with van der Waals surface area (Å²) < 4.78 is 11.5. The van der Waals surface area contributed by atoms with Crippen LogP contribution in [-0.2, 0) is 11.3 Å². The lowest BCUT2D eigenvalue weighted by atomic mass is 10.1. The number of thioether (sulfide) groups is 1. The highest BCUT2D eigenvalue weighted by atomic mass is 32.2. The average Bonchev–Trinajstić information content (AvgIpc) is 3.17. The first kappa shape index (κ1) is 23.1. The zero-order chi connectivity index (χ0) is 21.3. The van der Waals surface area contributed by atoms with E-state index in [-0.39, 0.29) is 6.10 Å². The fourth-order valence-corrected chi connectivity index (χ4v) is 4.61. The van der Waals surface area contributed by atoms with Gasteiger partial charge < -0.3 is 19.3 Å².